The van der Waals surface area contributed by atoms with E-state index in [4.69, 9.17) is 43.2 Å². The Hall–Kier alpha value is -11.2. The minimum atomic E-state index is -1.77. The van der Waals surface area contributed by atoms with Crippen molar-refractivity contribution >= 4 is 111 Å². The van der Waals surface area contributed by atoms with Gasteiger partial charge in [-0.15, -0.1) is 0 Å². The first-order chi connectivity index (χ1) is 59.5. The monoisotopic (exact) mass is 1740 g/mol. The summed E-state index contributed by atoms with van der Waals surface area (Å²) in [7, 11) is 0. The molecule has 3 saturated heterocycles. The van der Waals surface area contributed by atoms with E-state index in [9.17, 15) is 67.4 Å². The molecule has 3 aliphatic rings. The van der Waals surface area contributed by atoms with Crippen LogP contribution in [0, 0.1) is 0 Å². The maximum absolute atomic E-state index is 15.3. The van der Waals surface area contributed by atoms with Crippen molar-refractivity contribution in [1.29, 1.82) is 0 Å². The Balaban J connectivity index is 1.12. The average molecular weight is 1740 g/mol. The van der Waals surface area contributed by atoms with Crippen molar-refractivity contribution in [1.82, 2.24) is 68.0 Å². The summed E-state index contributed by atoms with van der Waals surface area (Å²) in [6, 6.07) is 0.804. The van der Waals surface area contributed by atoms with Crippen molar-refractivity contribution in [3.8, 4) is 0 Å². The zero-order chi connectivity index (χ0) is 90.3. The number of likely N-dealkylation sites (tertiary alicyclic amines) is 1. The van der Waals surface area contributed by atoms with Crippen molar-refractivity contribution in [2.45, 2.75) is 279 Å². The van der Waals surface area contributed by atoms with E-state index in [1.165, 1.54) is 0 Å². The number of aliphatic hydroxyl groups is 1. The minimum Gasteiger partial charge on any atom is -0.481 e. The zero-order valence-corrected chi connectivity index (χ0v) is 71.3. The molecule has 1 aromatic heterocycles. The lowest BCUT2D eigenvalue weighted by Gasteiger charge is -2.32. The highest BCUT2D eigenvalue weighted by Gasteiger charge is 2.45. The van der Waals surface area contributed by atoms with Crippen LogP contribution in [0.4, 0.5) is 0 Å². The highest BCUT2D eigenvalue weighted by molar-refractivity contribution is 6.01. The first kappa shape index (κ1) is 102. The maximum Gasteiger partial charge on any atom is 0.303 e. The molecule has 0 saturated carbocycles. The molecule has 0 spiro atoms. The van der Waals surface area contributed by atoms with Gasteiger partial charge in [-0.3, -0.25) is 81.7 Å². The fourth-order valence-corrected chi connectivity index (χ4v) is 15.2. The number of fused-ring (bicyclic) bond motifs is 2. The predicted molar refractivity (Wildman–Crippen MR) is 457 cm³/mol. The van der Waals surface area contributed by atoms with Gasteiger partial charge in [-0.2, -0.15) is 0 Å². The number of carboxylic acid groups (broad SMARTS) is 1. The Morgan fingerprint density at radius 1 is 0.605 bits per heavy atom. The smallest absolute Gasteiger partial charge is 0.303 e. The largest absolute Gasteiger partial charge is 0.481 e. The Bertz CT molecular complexity index is 4030. The van der Waals surface area contributed by atoms with E-state index in [2.05, 4.69) is 63.1 Å². The van der Waals surface area contributed by atoms with E-state index in [-0.39, 0.29) is 147 Å². The molecule has 3 aromatic rings. The number of nitrogens with one attached hydrogen (secondary N) is 11. The number of benzene rings is 2. The van der Waals surface area contributed by atoms with Crippen LogP contribution in [0.25, 0.3) is 10.9 Å². The molecule has 686 valence electrons. The quantitative estimate of drug-likeness (QED) is 0.0192. The maximum atomic E-state index is 15.3. The molecule has 14 amide bonds. The topological polar surface area (TPSA) is 617 Å². The van der Waals surface area contributed by atoms with Gasteiger partial charge in [0.1, 0.15) is 72.8 Å². The number of aliphatic imine (C=N–C) groups is 1. The number of ketones is 1. The van der Waals surface area contributed by atoms with Crippen molar-refractivity contribution < 1.29 is 96.4 Å². The van der Waals surface area contributed by atoms with E-state index in [1.54, 1.807) is 42.6 Å². The number of carbonyl (C=O) groups is 16. The third kappa shape index (κ3) is 37.5. The van der Waals surface area contributed by atoms with Gasteiger partial charge in [-0.05, 0) is 94.4 Å². The molecule has 11 atom stereocenters. The second kappa shape index (κ2) is 55.8. The van der Waals surface area contributed by atoms with E-state index in [1.807, 2.05) is 25.1 Å². The fourth-order valence-electron chi connectivity index (χ4n) is 15.2. The first-order valence-corrected chi connectivity index (χ1v) is 43.6. The molecule has 6 rings (SSSR count). The number of primary amides is 3. The molecule has 0 aliphatic carbocycles. The van der Waals surface area contributed by atoms with Gasteiger partial charge < -0.3 is 116 Å². The first-order valence-electron chi connectivity index (χ1n) is 43.6. The van der Waals surface area contributed by atoms with Gasteiger partial charge in [0.15, 0.2) is 5.96 Å². The number of nitrogens with two attached hydrogens (primary N) is 5. The number of carbonyl (C=O) groups excluding carboxylic acids is 15. The predicted octanol–water partition coefficient (Wildman–Crippen LogP) is -0.528. The summed E-state index contributed by atoms with van der Waals surface area (Å²) in [5.74, 6) is -13.5. The Kier molecular flexibility index (Phi) is 45.8. The number of carboxylic acids is 1. The van der Waals surface area contributed by atoms with Crippen molar-refractivity contribution in [2.24, 2.45) is 33.7 Å². The molecule has 124 heavy (non-hydrogen) atoms. The van der Waals surface area contributed by atoms with Gasteiger partial charge in [0.25, 0.3) is 0 Å². The fraction of sp³-hybridized carbons (Fsp3) is 0.635. The van der Waals surface area contributed by atoms with Crippen LogP contribution in [0.5, 0.6) is 0 Å². The van der Waals surface area contributed by atoms with Gasteiger partial charge in [-0.1, -0.05) is 133 Å². The van der Waals surface area contributed by atoms with Crippen molar-refractivity contribution in [3.05, 3.63) is 71.9 Å². The standard InChI is InChI=1S/C85H131N19O20/c1-2-3-28-61(98-81(119)68-32-24-42-103(68)84(122)67(50-71(87)108)102-80(118)66(49-70(86)107)95-73(110)53-124-45-44-123-43-41-92-72(109)33-17-12-10-8-6-4-5-7-9-11-13-18-34-74(111)112)76(114)99-63-36-35-56(105)37-40-91-38-22-21-30-60(75(88)113)96-79(117)65(47-55-51-94-59-29-20-19-27-58(55)59)100-77(115)62(31-23-39-93-85(89)90)97-78(116)64(46-54-25-15-14-16-26-54)101-82(120)69-48-57(106)52-104(69)83(63)121/h14-16,19-20,25-27,29,51,57,60-69,91,94,106H,2-13,17-18,21-24,28,30-50,52-53H2,1H3,(H2,86,107)(H2,87,108)(H2,88,113)(H,92,109)(H,95,110)(H,96,117)(H,97,116)(H,98,119)(H,99,114)(H,100,115)(H,101,120)(H,102,118)(H,111,112)(H4,89,90,93)/t57-,60+,61+,62+,63+,64-,65+,66+,67+,68+,69+/m1/s1. The summed E-state index contributed by atoms with van der Waals surface area (Å²) >= 11 is 0. The summed E-state index contributed by atoms with van der Waals surface area (Å²) in [6.45, 7) is 1.44. The van der Waals surface area contributed by atoms with Crippen LogP contribution in [-0.4, -0.2) is 258 Å². The summed E-state index contributed by atoms with van der Waals surface area (Å²) in [4.78, 5) is 230. The number of guanidine groups is 1. The lowest BCUT2D eigenvalue weighted by Crippen LogP contribution is -2.60. The molecule has 3 aliphatic heterocycles. The SMILES string of the molecule is CCCC[C@H](NC(=O)[C@@H]1CCCN1C(=O)[C@H](CC(N)=O)NC(=O)[C@H](CC(N)=O)NC(=O)COCCOCCNC(=O)CCCCCCCCCCCCCCC(=O)O)C(=O)N[C@H]1CCC(=O)CCNCCCC[C@@H](C(N)=O)NC(=O)[C@H](Cc2c[nH]c3ccccc23)NC(=O)[C@H](CCCN=C(N)N)NC(=O)[C@@H](Cc2ccccc2)NC(=O)[C@@H]2C[C@@H](O)CN2C1=O. The van der Waals surface area contributed by atoms with Crippen LogP contribution in [0.1, 0.15) is 211 Å². The number of aliphatic carboxylic acids is 1. The molecular weight excluding hydrogens is 1610 g/mol. The molecule has 0 unspecified atom stereocenters. The summed E-state index contributed by atoms with van der Waals surface area (Å²) in [5, 5.41) is 48.0. The Morgan fingerprint density at radius 2 is 1.23 bits per heavy atom. The molecule has 4 heterocycles. The molecule has 0 bridgehead atoms. The zero-order valence-electron chi connectivity index (χ0n) is 71.3. The normalized spacial score (nSPS) is 20.5. The van der Waals surface area contributed by atoms with Crippen LogP contribution in [0.2, 0.25) is 0 Å². The van der Waals surface area contributed by atoms with Crippen LogP contribution >= 0.6 is 0 Å². The lowest BCUT2D eigenvalue weighted by molar-refractivity contribution is -0.144. The number of ether oxygens (including phenoxy) is 2. The van der Waals surface area contributed by atoms with E-state index < -0.39 is 175 Å². The van der Waals surface area contributed by atoms with E-state index in [0.717, 1.165) is 97.8 Å². The third-order valence-corrected chi connectivity index (χ3v) is 21.9. The number of aliphatic hydroxyl groups excluding tert-OH is 1. The number of hydrogen-bond acceptors (Lipinski definition) is 21. The van der Waals surface area contributed by atoms with Crippen LogP contribution in [-0.2, 0) is 99.0 Å². The number of aromatic amines is 1. The van der Waals surface area contributed by atoms with Gasteiger partial charge in [-0.25, -0.2) is 0 Å². The highest BCUT2D eigenvalue weighted by Crippen LogP contribution is 2.25. The van der Waals surface area contributed by atoms with Crippen LogP contribution in [0.15, 0.2) is 65.8 Å². The van der Waals surface area contributed by atoms with Gasteiger partial charge in [0.2, 0.25) is 82.7 Å². The number of para-hydroxylation sites is 1. The number of nitrogens with zero attached hydrogens (tertiary/aromatic N) is 3. The second-order valence-corrected chi connectivity index (χ2v) is 31.9. The van der Waals surface area contributed by atoms with Crippen LogP contribution in [0.3, 0.4) is 0 Å². The molecule has 2 aromatic carbocycles. The van der Waals surface area contributed by atoms with E-state index >= 15 is 14.4 Å². The summed E-state index contributed by atoms with van der Waals surface area (Å²) in [5.41, 5.74) is 30.2. The Morgan fingerprint density at radius 3 is 1.91 bits per heavy atom. The molecule has 0 radical (unpaired) electrons. The molecule has 23 N–H and O–H groups in total. The number of amides is 14. The Labute approximate surface area is 722 Å². The average Bonchev–Trinajstić information content (AvgIpc) is 1.19. The van der Waals surface area contributed by atoms with Gasteiger partial charge in [0.05, 0.1) is 38.8 Å². The lowest BCUT2D eigenvalue weighted by atomic mass is 10.0. The number of Topliss-reactive ketones (excluding diaryl/α,β-unsaturated/α-hetero) is 1. The number of aromatic nitrogens is 1. The van der Waals surface area contributed by atoms with Gasteiger partial charge in [0, 0.05) is 94.8 Å². The molecule has 3 fully saturated rings. The number of rotatable bonds is 47. The molecular formula is C85H131N19O20. The third-order valence-electron chi connectivity index (χ3n) is 21.9. The summed E-state index contributed by atoms with van der Waals surface area (Å²) in [6.07, 6.45) is 12.1. The summed E-state index contributed by atoms with van der Waals surface area (Å²) < 4.78 is 10.9. The number of unbranched alkanes of at least 4 members (excludes halogenated alkanes) is 12. The van der Waals surface area contributed by atoms with Gasteiger partial charge >= 0.3 is 5.97 Å². The minimum absolute atomic E-state index is 0.00000522. The van der Waals surface area contributed by atoms with Crippen molar-refractivity contribution in [2.75, 3.05) is 65.7 Å². The number of hydrogen-bond donors (Lipinski definition) is 18. The molecule has 39 nitrogen and oxygen atoms in total. The number of H-pyrrole nitrogens is 1. The van der Waals surface area contributed by atoms with E-state index in [0.29, 0.717) is 49.8 Å². The second-order valence-electron chi connectivity index (χ2n) is 31.9. The molecule has 39 heteroatoms. The highest BCUT2D eigenvalue weighted by atomic mass is 16.5. The van der Waals surface area contributed by atoms with Crippen LogP contribution < -0.4 is 81.8 Å². The van der Waals surface area contributed by atoms with Crippen molar-refractivity contribution in [3.63, 3.8) is 0 Å².